The van der Waals surface area contributed by atoms with E-state index in [1.54, 1.807) is 6.92 Å². The number of rotatable bonds is 4. The van der Waals surface area contributed by atoms with Gasteiger partial charge in [-0.15, -0.1) is 5.10 Å². The summed E-state index contributed by atoms with van der Waals surface area (Å²) >= 11 is 0. The number of ether oxygens (including phenoxy) is 1. The Morgan fingerprint density at radius 2 is 2.27 bits per heavy atom. The van der Waals surface area contributed by atoms with Gasteiger partial charge >= 0.3 is 5.97 Å². The van der Waals surface area contributed by atoms with Crippen molar-refractivity contribution < 1.29 is 9.53 Å². The van der Waals surface area contributed by atoms with Crippen molar-refractivity contribution in [3.8, 4) is 0 Å². The van der Waals surface area contributed by atoms with Crippen molar-refractivity contribution in [1.29, 1.82) is 0 Å². The molecule has 6 nitrogen and oxygen atoms in total. The van der Waals surface area contributed by atoms with Gasteiger partial charge in [0.15, 0.2) is 0 Å². The third kappa shape index (κ3) is 3.67. The molecule has 1 heterocycles. The van der Waals surface area contributed by atoms with Crippen molar-refractivity contribution in [2.45, 2.75) is 32.7 Å². The summed E-state index contributed by atoms with van der Waals surface area (Å²) in [6, 6.07) is 0. The highest BCUT2D eigenvalue weighted by Gasteiger charge is 2.18. The summed E-state index contributed by atoms with van der Waals surface area (Å²) in [4.78, 5) is 15.2. The molecule has 0 atom stereocenters. The number of hydrogen-bond acceptors (Lipinski definition) is 5. The van der Waals surface area contributed by atoms with Crippen LogP contribution in [0, 0.1) is 0 Å². The molecule has 1 aromatic rings. The Balaban J connectivity index is 2.68. The van der Waals surface area contributed by atoms with Gasteiger partial charge in [0.25, 0.3) is 5.82 Å². The molecule has 0 aliphatic carbocycles. The number of carbonyl (C=O) groups is 1. The Hall–Kier alpha value is -1.43. The van der Waals surface area contributed by atoms with Gasteiger partial charge in [-0.3, -0.25) is 5.10 Å². The minimum atomic E-state index is -0.519. The molecule has 0 saturated heterocycles. The molecule has 1 rings (SSSR count). The van der Waals surface area contributed by atoms with Crippen LogP contribution in [0.3, 0.4) is 0 Å². The van der Waals surface area contributed by atoms with Crippen molar-refractivity contribution >= 4 is 5.97 Å². The van der Waals surface area contributed by atoms with E-state index < -0.39 is 5.97 Å². The molecule has 0 bridgehead atoms. The predicted molar refractivity (Wildman–Crippen MR) is 54.3 cm³/mol. The Morgan fingerprint density at radius 3 is 2.80 bits per heavy atom. The van der Waals surface area contributed by atoms with Crippen molar-refractivity contribution in [3.63, 3.8) is 0 Å². The molecule has 0 fully saturated rings. The molecule has 0 spiro atoms. The smallest absolute Gasteiger partial charge is 0.378 e. The first-order chi connectivity index (χ1) is 6.92. The van der Waals surface area contributed by atoms with Gasteiger partial charge < -0.3 is 10.5 Å². The molecule has 3 N–H and O–H groups in total. The van der Waals surface area contributed by atoms with Gasteiger partial charge in [0.2, 0.25) is 0 Å². The first-order valence-electron chi connectivity index (χ1n) is 4.79. The average Bonchev–Trinajstić information content (AvgIpc) is 2.50. The zero-order valence-corrected chi connectivity index (χ0v) is 9.20. The molecule has 0 aromatic carbocycles. The van der Waals surface area contributed by atoms with Crippen LogP contribution in [-0.2, 0) is 11.2 Å². The molecule has 0 aliphatic rings. The highest BCUT2D eigenvalue weighted by molar-refractivity contribution is 5.84. The maximum atomic E-state index is 11.2. The number of nitrogens with two attached hydrogens (primary N) is 1. The minimum Gasteiger partial charge on any atom is -0.460 e. The van der Waals surface area contributed by atoms with E-state index in [0.717, 1.165) is 0 Å². The number of H-pyrrole nitrogens is 1. The highest BCUT2D eigenvalue weighted by atomic mass is 16.5. The number of hydrogen-bond donors (Lipinski definition) is 2. The number of carbonyl (C=O) groups excluding carboxylic acids is 1. The molecule has 1 aromatic heterocycles. The van der Waals surface area contributed by atoms with Crippen LogP contribution in [0.5, 0.6) is 0 Å². The summed E-state index contributed by atoms with van der Waals surface area (Å²) in [5, 5.41) is 6.41. The number of nitrogens with zero attached hydrogens (tertiary/aromatic N) is 2. The Labute approximate surface area is 88.2 Å². The lowest BCUT2D eigenvalue weighted by molar-refractivity contribution is 0.0512. The van der Waals surface area contributed by atoms with Crippen LogP contribution in [0.1, 0.15) is 37.2 Å². The van der Waals surface area contributed by atoms with Crippen molar-refractivity contribution in [1.82, 2.24) is 15.2 Å². The fraction of sp³-hybridized carbons (Fsp3) is 0.667. The van der Waals surface area contributed by atoms with Crippen molar-refractivity contribution in [2.75, 3.05) is 6.61 Å². The van der Waals surface area contributed by atoms with E-state index in [1.165, 1.54) is 0 Å². The van der Waals surface area contributed by atoms with Gasteiger partial charge in [0, 0.05) is 12.0 Å². The largest absolute Gasteiger partial charge is 0.460 e. The molecular weight excluding hydrogens is 196 g/mol. The summed E-state index contributed by atoms with van der Waals surface area (Å²) in [7, 11) is 0. The predicted octanol–water partition coefficient (Wildman–Crippen LogP) is 0.261. The second-order valence-electron chi connectivity index (χ2n) is 3.99. The summed E-state index contributed by atoms with van der Waals surface area (Å²) < 4.78 is 4.76. The van der Waals surface area contributed by atoms with Crippen molar-refractivity contribution in [3.05, 3.63) is 11.6 Å². The van der Waals surface area contributed by atoms with E-state index in [4.69, 9.17) is 10.5 Å². The van der Waals surface area contributed by atoms with Crippen LogP contribution in [0.4, 0.5) is 0 Å². The van der Waals surface area contributed by atoms with Gasteiger partial charge in [0.1, 0.15) is 5.82 Å². The summed E-state index contributed by atoms with van der Waals surface area (Å²) in [6.45, 7) is 5.79. The van der Waals surface area contributed by atoms with E-state index in [2.05, 4.69) is 15.2 Å². The summed E-state index contributed by atoms with van der Waals surface area (Å²) in [5.74, 6) is 0.122. The lowest BCUT2D eigenvalue weighted by atomic mass is 10.0. The van der Waals surface area contributed by atoms with Crippen molar-refractivity contribution in [2.24, 2.45) is 5.73 Å². The van der Waals surface area contributed by atoms with E-state index in [0.29, 0.717) is 18.9 Å². The van der Waals surface area contributed by atoms with Gasteiger partial charge in [-0.05, 0) is 20.8 Å². The van der Waals surface area contributed by atoms with Gasteiger partial charge in [-0.25, -0.2) is 9.78 Å². The summed E-state index contributed by atoms with van der Waals surface area (Å²) in [5.41, 5.74) is 5.42. The second-order valence-corrected chi connectivity index (χ2v) is 3.99. The fourth-order valence-corrected chi connectivity index (χ4v) is 1.09. The molecular formula is C9H16N4O2. The van der Waals surface area contributed by atoms with Crippen LogP contribution in [-0.4, -0.2) is 33.3 Å². The zero-order chi connectivity index (χ0) is 11.5. The topological polar surface area (TPSA) is 93.9 Å². The van der Waals surface area contributed by atoms with E-state index in [1.807, 2.05) is 13.8 Å². The highest BCUT2D eigenvalue weighted by Crippen LogP contribution is 2.05. The Kier molecular flexibility index (Phi) is 3.41. The van der Waals surface area contributed by atoms with E-state index in [9.17, 15) is 4.79 Å². The van der Waals surface area contributed by atoms with Crippen LogP contribution in [0.15, 0.2) is 0 Å². The molecule has 0 unspecified atom stereocenters. The molecule has 0 radical (unpaired) electrons. The van der Waals surface area contributed by atoms with Gasteiger partial charge in [-0.2, -0.15) is 0 Å². The molecule has 0 aliphatic heterocycles. The second kappa shape index (κ2) is 4.39. The van der Waals surface area contributed by atoms with Gasteiger partial charge in [-0.1, -0.05) is 0 Å². The lowest BCUT2D eigenvalue weighted by Crippen LogP contribution is -2.34. The van der Waals surface area contributed by atoms with Crippen LogP contribution in [0.2, 0.25) is 0 Å². The number of esters is 1. The first kappa shape index (κ1) is 11.6. The third-order valence-electron chi connectivity index (χ3n) is 1.61. The van der Waals surface area contributed by atoms with Crippen LogP contribution < -0.4 is 5.73 Å². The Bertz CT molecular complexity index is 340. The molecule has 15 heavy (non-hydrogen) atoms. The lowest BCUT2D eigenvalue weighted by Gasteiger charge is -2.15. The fourth-order valence-electron chi connectivity index (χ4n) is 1.09. The van der Waals surface area contributed by atoms with E-state index >= 15 is 0 Å². The molecule has 0 amide bonds. The van der Waals surface area contributed by atoms with Crippen LogP contribution in [0.25, 0.3) is 0 Å². The minimum absolute atomic E-state index is 0.0519. The molecule has 0 saturated carbocycles. The average molecular weight is 212 g/mol. The molecule has 84 valence electrons. The Morgan fingerprint density at radius 1 is 1.60 bits per heavy atom. The maximum absolute atomic E-state index is 11.2. The van der Waals surface area contributed by atoms with E-state index in [-0.39, 0.29) is 11.4 Å². The third-order valence-corrected chi connectivity index (χ3v) is 1.61. The van der Waals surface area contributed by atoms with Crippen LogP contribution >= 0.6 is 0 Å². The zero-order valence-electron chi connectivity index (χ0n) is 9.20. The number of nitrogens with one attached hydrogen (secondary N) is 1. The SMILES string of the molecule is CCOC(=O)c1n[nH]c(CC(C)(C)N)n1. The quantitative estimate of drug-likeness (QED) is 0.698. The summed E-state index contributed by atoms with van der Waals surface area (Å²) in [6.07, 6.45) is 0.527. The standard InChI is InChI=1S/C9H16N4O2/c1-4-15-8(14)7-11-6(12-13-7)5-9(2,3)10/h4-5,10H2,1-3H3,(H,11,12,13). The maximum Gasteiger partial charge on any atom is 0.378 e. The molecule has 6 heteroatoms. The number of aromatic nitrogens is 3. The monoisotopic (exact) mass is 212 g/mol. The normalized spacial score (nSPS) is 11.5. The number of aromatic amines is 1. The first-order valence-corrected chi connectivity index (χ1v) is 4.79. The van der Waals surface area contributed by atoms with Gasteiger partial charge in [0.05, 0.1) is 6.61 Å².